The molecule has 0 spiro atoms. The van der Waals surface area contributed by atoms with Crippen molar-refractivity contribution in [2.75, 3.05) is 11.8 Å². The molecule has 0 saturated heterocycles. The smallest absolute Gasteiger partial charge is 0.263 e. The third-order valence-corrected chi connectivity index (χ3v) is 5.30. The number of rotatable bonds is 5. The van der Waals surface area contributed by atoms with Crippen LogP contribution in [0.4, 0.5) is 5.69 Å². The maximum atomic E-state index is 12.4. The number of benzene rings is 1. The van der Waals surface area contributed by atoms with Crippen LogP contribution in [-0.4, -0.2) is 15.5 Å². The van der Waals surface area contributed by atoms with Crippen molar-refractivity contribution in [1.29, 1.82) is 0 Å². The van der Waals surface area contributed by atoms with E-state index in [0.717, 1.165) is 5.56 Å². The largest absolute Gasteiger partial charge is 0.495 e. The molecule has 108 valence electrons. The van der Waals surface area contributed by atoms with Gasteiger partial charge in [-0.1, -0.05) is 6.07 Å². The molecule has 5 nitrogen and oxygen atoms in total. The van der Waals surface area contributed by atoms with Gasteiger partial charge in [0.25, 0.3) is 10.0 Å². The van der Waals surface area contributed by atoms with Crippen molar-refractivity contribution in [1.82, 2.24) is 0 Å². The molecule has 3 N–H and O–H groups in total. The Hall–Kier alpha value is -1.57. The van der Waals surface area contributed by atoms with Gasteiger partial charge in [0.05, 0.1) is 12.8 Å². The van der Waals surface area contributed by atoms with Crippen molar-refractivity contribution >= 4 is 27.0 Å². The van der Waals surface area contributed by atoms with Gasteiger partial charge in [-0.2, -0.15) is 0 Å². The van der Waals surface area contributed by atoms with Crippen LogP contribution in [0.3, 0.4) is 0 Å². The summed E-state index contributed by atoms with van der Waals surface area (Å²) in [6.07, 6.45) is 0. The molecule has 2 rings (SSSR count). The number of ether oxygens (including phenoxy) is 1. The summed E-state index contributed by atoms with van der Waals surface area (Å²) in [5, 5.41) is 1.71. The summed E-state index contributed by atoms with van der Waals surface area (Å²) in [6, 6.07) is 6.86. The van der Waals surface area contributed by atoms with Crippen molar-refractivity contribution in [2.24, 2.45) is 5.73 Å². The molecular weight excluding hydrogens is 296 g/mol. The van der Waals surface area contributed by atoms with Crippen LogP contribution in [0, 0.1) is 6.92 Å². The number of aryl methyl sites for hydroxylation is 1. The fraction of sp³-hybridized carbons (Fsp3) is 0.231. The number of sulfonamides is 1. The minimum atomic E-state index is -3.66. The predicted octanol–water partition coefficient (Wildman–Crippen LogP) is 2.32. The molecule has 20 heavy (non-hydrogen) atoms. The second-order valence-electron chi connectivity index (χ2n) is 4.22. The topological polar surface area (TPSA) is 81.4 Å². The van der Waals surface area contributed by atoms with E-state index in [0.29, 0.717) is 16.3 Å². The van der Waals surface area contributed by atoms with Gasteiger partial charge in [0.1, 0.15) is 10.6 Å². The van der Waals surface area contributed by atoms with Crippen LogP contribution in [0.2, 0.25) is 0 Å². The summed E-state index contributed by atoms with van der Waals surface area (Å²) in [5.41, 5.74) is 6.91. The highest BCUT2D eigenvalue weighted by Crippen LogP contribution is 2.29. The van der Waals surface area contributed by atoms with Crippen molar-refractivity contribution in [3.63, 3.8) is 0 Å². The first-order chi connectivity index (χ1) is 9.47. The highest BCUT2D eigenvalue weighted by Gasteiger charge is 2.20. The molecular formula is C13H16N2O3S2. The van der Waals surface area contributed by atoms with Gasteiger partial charge in [-0.3, -0.25) is 4.72 Å². The Kier molecular flexibility index (Phi) is 4.32. The molecule has 1 aromatic heterocycles. The fourth-order valence-corrected chi connectivity index (χ4v) is 4.22. The van der Waals surface area contributed by atoms with Crippen LogP contribution < -0.4 is 15.2 Å². The lowest BCUT2D eigenvalue weighted by Crippen LogP contribution is -2.15. The first-order valence-electron chi connectivity index (χ1n) is 5.92. The fourth-order valence-electron chi connectivity index (χ4n) is 1.82. The van der Waals surface area contributed by atoms with Gasteiger partial charge in [0, 0.05) is 11.4 Å². The molecule has 0 amide bonds. The maximum absolute atomic E-state index is 12.4. The van der Waals surface area contributed by atoms with E-state index in [1.54, 1.807) is 23.6 Å². The quantitative estimate of drug-likeness (QED) is 0.888. The van der Waals surface area contributed by atoms with Crippen LogP contribution in [0.25, 0.3) is 0 Å². The van der Waals surface area contributed by atoms with Gasteiger partial charge in [-0.05, 0) is 36.1 Å². The number of anilines is 1. The summed E-state index contributed by atoms with van der Waals surface area (Å²) in [6.45, 7) is 2.08. The molecule has 0 atom stereocenters. The van der Waals surface area contributed by atoms with Crippen molar-refractivity contribution < 1.29 is 13.2 Å². The lowest BCUT2D eigenvalue weighted by Gasteiger charge is -2.12. The monoisotopic (exact) mass is 312 g/mol. The second kappa shape index (κ2) is 5.82. The van der Waals surface area contributed by atoms with E-state index < -0.39 is 10.0 Å². The van der Waals surface area contributed by atoms with E-state index in [-0.39, 0.29) is 11.4 Å². The maximum Gasteiger partial charge on any atom is 0.263 e. The number of hydrogen-bond acceptors (Lipinski definition) is 5. The molecule has 0 aliphatic carbocycles. The number of nitrogens with two attached hydrogens (primary N) is 1. The molecule has 0 unspecified atom stereocenters. The average Bonchev–Trinajstić information content (AvgIpc) is 2.87. The highest BCUT2D eigenvalue weighted by atomic mass is 32.2. The number of methoxy groups -OCH3 is 1. The Morgan fingerprint density at radius 1 is 1.35 bits per heavy atom. The van der Waals surface area contributed by atoms with Gasteiger partial charge >= 0.3 is 0 Å². The lowest BCUT2D eigenvalue weighted by molar-refractivity contribution is 0.417. The van der Waals surface area contributed by atoms with Crippen LogP contribution in [-0.2, 0) is 16.6 Å². The number of hydrogen-bond donors (Lipinski definition) is 2. The Morgan fingerprint density at radius 3 is 2.75 bits per heavy atom. The van der Waals surface area contributed by atoms with E-state index in [4.69, 9.17) is 10.5 Å². The van der Waals surface area contributed by atoms with Crippen molar-refractivity contribution in [3.8, 4) is 5.75 Å². The van der Waals surface area contributed by atoms with Gasteiger partial charge in [0.15, 0.2) is 0 Å². The Bertz CT molecular complexity index is 708. The van der Waals surface area contributed by atoms with Crippen LogP contribution in [0.5, 0.6) is 5.75 Å². The summed E-state index contributed by atoms with van der Waals surface area (Å²) >= 11 is 1.32. The summed E-state index contributed by atoms with van der Waals surface area (Å²) in [4.78, 5) is 0.845. The zero-order chi connectivity index (χ0) is 14.8. The Balaban J connectivity index is 2.41. The zero-order valence-corrected chi connectivity index (χ0v) is 12.8. The Labute approximate surface area is 122 Å². The van der Waals surface area contributed by atoms with Gasteiger partial charge < -0.3 is 10.5 Å². The summed E-state index contributed by atoms with van der Waals surface area (Å²) in [5.74, 6) is 0.476. The lowest BCUT2D eigenvalue weighted by atomic mass is 10.2. The van der Waals surface area contributed by atoms with Crippen LogP contribution in [0.1, 0.15) is 10.4 Å². The average molecular weight is 312 g/mol. The normalized spacial score (nSPS) is 11.3. The first-order valence-corrected chi connectivity index (χ1v) is 8.28. The van der Waals surface area contributed by atoms with Crippen LogP contribution >= 0.6 is 11.3 Å². The van der Waals surface area contributed by atoms with E-state index >= 15 is 0 Å². The summed E-state index contributed by atoms with van der Waals surface area (Å²) < 4.78 is 32.5. The molecule has 0 aliphatic heterocycles. The molecule has 0 saturated carbocycles. The minimum Gasteiger partial charge on any atom is -0.495 e. The Morgan fingerprint density at radius 2 is 2.10 bits per heavy atom. The van der Waals surface area contributed by atoms with Crippen molar-refractivity contribution in [2.45, 2.75) is 18.4 Å². The summed E-state index contributed by atoms with van der Waals surface area (Å²) in [7, 11) is -2.16. The van der Waals surface area contributed by atoms with Crippen LogP contribution in [0.15, 0.2) is 34.5 Å². The molecule has 7 heteroatoms. The van der Waals surface area contributed by atoms with Gasteiger partial charge in [-0.15, -0.1) is 11.3 Å². The molecule has 1 heterocycles. The molecule has 0 aliphatic rings. The van der Waals surface area contributed by atoms with Gasteiger partial charge in [-0.25, -0.2) is 8.42 Å². The van der Waals surface area contributed by atoms with Crippen molar-refractivity contribution in [3.05, 3.63) is 40.1 Å². The first kappa shape index (κ1) is 14.8. The highest BCUT2D eigenvalue weighted by molar-refractivity contribution is 7.93. The predicted molar refractivity (Wildman–Crippen MR) is 80.7 cm³/mol. The molecule has 2 aromatic rings. The SMILES string of the molecule is COc1ccc(C)cc1NS(=O)(=O)c1ccsc1CN. The van der Waals surface area contributed by atoms with E-state index in [9.17, 15) is 8.42 Å². The molecule has 0 radical (unpaired) electrons. The third kappa shape index (κ3) is 2.95. The number of thiophene rings is 1. The third-order valence-electron chi connectivity index (χ3n) is 2.78. The minimum absolute atomic E-state index is 0.193. The van der Waals surface area contributed by atoms with Gasteiger partial charge in [0.2, 0.25) is 0 Å². The second-order valence-corrected chi connectivity index (χ2v) is 6.87. The molecule has 0 fully saturated rings. The standard InChI is InChI=1S/C13H16N2O3S2/c1-9-3-4-11(18-2)10(7-9)15-20(16,17)13-5-6-19-12(13)8-14/h3-7,15H,8,14H2,1-2H3. The zero-order valence-electron chi connectivity index (χ0n) is 11.2. The van der Waals surface area contributed by atoms with E-state index in [1.165, 1.54) is 18.4 Å². The van der Waals surface area contributed by atoms with E-state index in [2.05, 4.69) is 4.72 Å². The van der Waals surface area contributed by atoms with E-state index in [1.807, 2.05) is 13.0 Å². The number of nitrogens with one attached hydrogen (secondary N) is 1. The molecule has 0 bridgehead atoms. The molecule has 1 aromatic carbocycles.